The number of aromatic nitrogens is 3. The molecule has 0 spiro atoms. The molecule has 0 aliphatic carbocycles. The molecule has 1 atom stereocenters. The van der Waals surface area contributed by atoms with Crippen LogP contribution in [0, 0.1) is 6.92 Å². The minimum atomic E-state index is -0.108. The number of hydrogen-bond donors (Lipinski definition) is 0. The van der Waals surface area contributed by atoms with Gasteiger partial charge in [-0.1, -0.05) is 5.16 Å². The van der Waals surface area contributed by atoms with Gasteiger partial charge in [-0.2, -0.15) is 0 Å². The van der Waals surface area contributed by atoms with Crippen molar-refractivity contribution in [1.29, 1.82) is 0 Å². The largest absolute Gasteiger partial charge is 0.351 e. The summed E-state index contributed by atoms with van der Waals surface area (Å²) in [7, 11) is 4.02. The molecule has 112 valence electrons. The Balaban J connectivity index is 1.80. The van der Waals surface area contributed by atoms with Crippen molar-refractivity contribution in [2.75, 3.05) is 26.7 Å². The van der Waals surface area contributed by atoms with Crippen LogP contribution in [-0.4, -0.2) is 57.1 Å². The van der Waals surface area contributed by atoms with Gasteiger partial charge in [0.1, 0.15) is 5.82 Å². The van der Waals surface area contributed by atoms with Gasteiger partial charge >= 0.3 is 0 Å². The summed E-state index contributed by atoms with van der Waals surface area (Å²) < 4.78 is 7.07. The van der Waals surface area contributed by atoms with Crippen LogP contribution < -0.4 is 0 Å². The number of aryl methyl sites for hydroxylation is 2. The highest BCUT2D eigenvalue weighted by atomic mass is 16.5. The van der Waals surface area contributed by atoms with E-state index in [0.29, 0.717) is 24.5 Å². The van der Waals surface area contributed by atoms with Crippen molar-refractivity contribution in [2.24, 2.45) is 7.05 Å². The van der Waals surface area contributed by atoms with Crippen molar-refractivity contribution < 1.29 is 9.32 Å². The predicted molar refractivity (Wildman–Crippen MR) is 75.7 cm³/mol. The van der Waals surface area contributed by atoms with Crippen LogP contribution in [0.3, 0.4) is 0 Å². The standard InChI is InChI=1S/C14H19N5O2/c1-10-8-12(21-16-10)14(20)19-7-6-17(2)11(9-19)13-15-4-5-18(13)3/h4-5,8,11H,6-7,9H2,1-3H3/t11-/m1/s1. The molecule has 0 saturated carbocycles. The van der Waals surface area contributed by atoms with Gasteiger partial charge in [-0.25, -0.2) is 4.98 Å². The molecule has 21 heavy (non-hydrogen) atoms. The zero-order valence-corrected chi connectivity index (χ0v) is 12.5. The molecule has 7 nitrogen and oxygen atoms in total. The van der Waals surface area contributed by atoms with Gasteiger partial charge in [0.25, 0.3) is 5.91 Å². The summed E-state index contributed by atoms with van der Waals surface area (Å²) in [4.78, 5) is 20.9. The number of hydrogen-bond acceptors (Lipinski definition) is 5. The van der Waals surface area contributed by atoms with E-state index in [-0.39, 0.29) is 11.9 Å². The molecule has 1 aliphatic rings. The molecule has 0 N–H and O–H groups in total. The van der Waals surface area contributed by atoms with Crippen LogP contribution in [0.2, 0.25) is 0 Å². The highest BCUT2D eigenvalue weighted by Gasteiger charge is 2.32. The number of carbonyl (C=O) groups is 1. The maximum atomic E-state index is 12.5. The second kappa shape index (κ2) is 5.33. The van der Waals surface area contributed by atoms with Crippen molar-refractivity contribution in [3.63, 3.8) is 0 Å². The molecule has 2 aromatic heterocycles. The van der Waals surface area contributed by atoms with Crippen LogP contribution in [0.1, 0.15) is 28.1 Å². The summed E-state index contributed by atoms with van der Waals surface area (Å²) in [5.74, 6) is 1.15. The molecule has 1 amide bonds. The average molecular weight is 289 g/mol. The number of piperazine rings is 1. The number of rotatable bonds is 2. The highest BCUT2D eigenvalue weighted by Crippen LogP contribution is 2.23. The average Bonchev–Trinajstić information content (AvgIpc) is 3.07. The summed E-state index contributed by atoms with van der Waals surface area (Å²) in [6, 6.07) is 1.77. The van der Waals surface area contributed by atoms with Crippen LogP contribution in [0.15, 0.2) is 23.0 Å². The third-order valence-electron chi connectivity index (χ3n) is 3.93. The number of likely N-dealkylation sites (N-methyl/N-ethyl adjacent to an activating group) is 1. The van der Waals surface area contributed by atoms with Crippen molar-refractivity contribution in [3.8, 4) is 0 Å². The Morgan fingerprint density at radius 1 is 1.38 bits per heavy atom. The van der Waals surface area contributed by atoms with Crippen LogP contribution in [-0.2, 0) is 7.05 Å². The van der Waals surface area contributed by atoms with Gasteiger partial charge in [-0.15, -0.1) is 0 Å². The first-order valence-corrected chi connectivity index (χ1v) is 6.96. The lowest BCUT2D eigenvalue weighted by molar-refractivity contribution is 0.0492. The zero-order valence-electron chi connectivity index (χ0n) is 12.5. The van der Waals surface area contributed by atoms with E-state index in [2.05, 4.69) is 22.1 Å². The molecule has 1 saturated heterocycles. The second-order valence-electron chi connectivity index (χ2n) is 5.48. The van der Waals surface area contributed by atoms with Crippen molar-refractivity contribution in [1.82, 2.24) is 24.5 Å². The van der Waals surface area contributed by atoms with Crippen molar-refractivity contribution in [3.05, 3.63) is 35.7 Å². The lowest BCUT2D eigenvalue weighted by Gasteiger charge is -2.38. The molecule has 0 bridgehead atoms. The molecular weight excluding hydrogens is 270 g/mol. The molecule has 1 fully saturated rings. The van der Waals surface area contributed by atoms with E-state index in [9.17, 15) is 4.79 Å². The molecule has 0 radical (unpaired) electrons. The number of imidazole rings is 1. The van der Waals surface area contributed by atoms with Crippen molar-refractivity contribution >= 4 is 5.91 Å². The molecule has 3 rings (SSSR count). The van der Waals surface area contributed by atoms with Gasteiger partial charge in [-0.05, 0) is 14.0 Å². The Bertz CT molecular complexity index is 647. The first kappa shape index (κ1) is 13.8. The van der Waals surface area contributed by atoms with Crippen LogP contribution in [0.25, 0.3) is 0 Å². The molecule has 3 heterocycles. The summed E-state index contributed by atoms with van der Waals surface area (Å²) in [6.07, 6.45) is 3.70. The van der Waals surface area contributed by atoms with Gasteiger partial charge in [0.2, 0.25) is 5.76 Å². The number of nitrogens with zero attached hydrogens (tertiary/aromatic N) is 5. The summed E-state index contributed by atoms with van der Waals surface area (Å²) in [5, 5.41) is 3.78. The minimum absolute atomic E-state index is 0.0896. The van der Waals surface area contributed by atoms with E-state index in [1.54, 1.807) is 24.1 Å². The molecule has 1 aliphatic heterocycles. The molecule has 0 unspecified atom stereocenters. The Kier molecular flexibility index (Phi) is 3.50. The normalized spacial score (nSPS) is 20.0. The van der Waals surface area contributed by atoms with Crippen LogP contribution in [0.4, 0.5) is 0 Å². The monoisotopic (exact) mass is 289 g/mol. The van der Waals surface area contributed by atoms with E-state index in [4.69, 9.17) is 4.52 Å². The summed E-state index contributed by atoms with van der Waals surface area (Å²) >= 11 is 0. The van der Waals surface area contributed by atoms with E-state index in [0.717, 1.165) is 12.4 Å². The van der Waals surface area contributed by atoms with Gasteiger partial charge < -0.3 is 14.0 Å². The fraction of sp³-hybridized carbons (Fsp3) is 0.500. The maximum Gasteiger partial charge on any atom is 0.292 e. The predicted octanol–water partition coefficient (Wildman–Crippen LogP) is 0.845. The number of amides is 1. The first-order chi connectivity index (χ1) is 10.1. The summed E-state index contributed by atoms with van der Waals surface area (Å²) in [6.45, 7) is 3.88. The Labute approximate surface area is 123 Å². The fourth-order valence-corrected chi connectivity index (χ4v) is 2.66. The first-order valence-electron chi connectivity index (χ1n) is 6.96. The van der Waals surface area contributed by atoms with Gasteiger partial charge in [-0.3, -0.25) is 9.69 Å². The smallest absolute Gasteiger partial charge is 0.292 e. The minimum Gasteiger partial charge on any atom is -0.351 e. The quantitative estimate of drug-likeness (QED) is 0.820. The fourth-order valence-electron chi connectivity index (χ4n) is 2.66. The van der Waals surface area contributed by atoms with Crippen LogP contribution in [0.5, 0.6) is 0 Å². The maximum absolute atomic E-state index is 12.5. The molecule has 2 aromatic rings. The number of carbonyl (C=O) groups excluding carboxylic acids is 1. The van der Waals surface area contributed by atoms with Gasteiger partial charge in [0, 0.05) is 45.1 Å². The van der Waals surface area contributed by atoms with E-state index in [1.165, 1.54) is 0 Å². The Morgan fingerprint density at radius 2 is 2.19 bits per heavy atom. The zero-order chi connectivity index (χ0) is 15.0. The molecular formula is C14H19N5O2. The molecule has 7 heteroatoms. The summed E-state index contributed by atoms with van der Waals surface area (Å²) in [5.41, 5.74) is 0.716. The van der Waals surface area contributed by atoms with E-state index >= 15 is 0 Å². The topological polar surface area (TPSA) is 67.4 Å². The van der Waals surface area contributed by atoms with E-state index in [1.807, 2.05) is 17.8 Å². The van der Waals surface area contributed by atoms with Crippen LogP contribution >= 0.6 is 0 Å². The van der Waals surface area contributed by atoms with Gasteiger partial charge in [0.15, 0.2) is 0 Å². The lowest BCUT2D eigenvalue weighted by Crippen LogP contribution is -2.49. The third kappa shape index (κ3) is 2.56. The second-order valence-corrected chi connectivity index (χ2v) is 5.48. The SMILES string of the molecule is Cc1cc(C(=O)N2CCN(C)[C@@H](c3nccn3C)C2)on1. The molecule has 0 aromatic carbocycles. The third-order valence-corrected chi connectivity index (χ3v) is 3.93. The Morgan fingerprint density at radius 3 is 2.81 bits per heavy atom. The Hall–Kier alpha value is -2.15. The van der Waals surface area contributed by atoms with Gasteiger partial charge in [0.05, 0.1) is 11.7 Å². The highest BCUT2D eigenvalue weighted by molar-refractivity contribution is 5.91. The lowest BCUT2D eigenvalue weighted by atomic mass is 10.1. The van der Waals surface area contributed by atoms with Crippen molar-refractivity contribution in [2.45, 2.75) is 13.0 Å². The van der Waals surface area contributed by atoms with E-state index < -0.39 is 0 Å².